The van der Waals surface area contributed by atoms with Crippen LogP contribution in [0.5, 0.6) is 11.5 Å². The summed E-state index contributed by atoms with van der Waals surface area (Å²) < 4.78 is 10.8. The number of hydrogen-bond acceptors (Lipinski definition) is 4. The van der Waals surface area contributed by atoms with Gasteiger partial charge in [0.25, 0.3) is 5.91 Å². The van der Waals surface area contributed by atoms with E-state index in [9.17, 15) is 4.79 Å². The van der Waals surface area contributed by atoms with Gasteiger partial charge < -0.3 is 19.7 Å². The van der Waals surface area contributed by atoms with Crippen molar-refractivity contribution in [2.24, 2.45) is 0 Å². The molecule has 1 amide bonds. The van der Waals surface area contributed by atoms with Crippen LogP contribution < -0.4 is 14.8 Å². The van der Waals surface area contributed by atoms with Crippen LogP contribution in [0.3, 0.4) is 0 Å². The molecule has 1 aliphatic rings. The molecule has 1 atom stereocenters. The average molecular weight is 443 g/mol. The molecular formula is C23H20Cl2N2O3. The quantitative estimate of drug-likeness (QED) is 0.525. The van der Waals surface area contributed by atoms with E-state index in [4.69, 9.17) is 32.7 Å². The van der Waals surface area contributed by atoms with Crippen LogP contribution in [0.2, 0.25) is 10.0 Å². The maximum atomic E-state index is 13.2. The number of ether oxygens (including phenoxy) is 2. The van der Waals surface area contributed by atoms with Crippen LogP contribution >= 0.6 is 23.2 Å². The van der Waals surface area contributed by atoms with Crippen molar-refractivity contribution in [1.82, 2.24) is 4.90 Å². The van der Waals surface area contributed by atoms with E-state index in [-0.39, 0.29) is 5.91 Å². The molecule has 0 aliphatic carbocycles. The standard InChI is InChI=1S/C23H20Cl2N2O3/c1-29-20-12-21(30-2)19(11-18(20)25)26-22-15-8-4-5-9-16(15)23(28)27(22)13-14-7-3-6-10-17(14)24/h3-12,22,26H,13H2,1-2H3/t22-/m0/s1. The molecule has 154 valence electrons. The summed E-state index contributed by atoms with van der Waals surface area (Å²) in [5, 5.41) is 4.48. The van der Waals surface area contributed by atoms with Crippen LogP contribution in [0.1, 0.15) is 27.7 Å². The van der Waals surface area contributed by atoms with Gasteiger partial charge in [0, 0.05) is 28.8 Å². The Labute approximate surface area is 185 Å². The van der Waals surface area contributed by atoms with Crippen LogP contribution in [0, 0.1) is 0 Å². The number of benzene rings is 3. The molecule has 7 heteroatoms. The minimum absolute atomic E-state index is 0.0680. The fourth-order valence-corrected chi connectivity index (χ4v) is 4.06. The summed E-state index contributed by atoms with van der Waals surface area (Å²) in [5.74, 6) is 1.00. The largest absolute Gasteiger partial charge is 0.495 e. The first-order valence-corrected chi connectivity index (χ1v) is 10.1. The number of amides is 1. The molecule has 0 spiro atoms. The van der Waals surface area contributed by atoms with Gasteiger partial charge in [-0.15, -0.1) is 0 Å². The third-order valence-corrected chi connectivity index (χ3v) is 5.79. The van der Waals surface area contributed by atoms with Crippen molar-refractivity contribution in [2.45, 2.75) is 12.7 Å². The Morgan fingerprint density at radius 1 is 0.933 bits per heavy atom. The zero-order valence-corrected chi connectivity index (χ0v) is 18.0. The molecule has 1 N–H and O–H groups in total. The zero-order chi connectivity index (χ0) is 21.3. The van der Waals surface area contributed by atoms with E-state index in [0.717, 1.165) is 11.1 Å². The maximum absolute atomic E-state index is 13.2. The van der Waals surface area contributed by atoms with Crippen molar-refractivity contribution in [3.8, 4) is 11.5 Å². The van der Waals surface area contributed by atoms with Gasteiger partial charge in [0.05, 0.1) is 24.9 Å². The number of carbonyl (C=O) groups excluding carboxylic acids is 1. The minimum atomic E-state index is -0.414. The number of nitrogens with one attached hydrogen (secondary N) is 1. The molecule has 3 aromatic rings. The number of hydrogen-bond donors (Lipinski definition) is 1. The second-order valence-electron chi connectivity index (χ2n) is 6.85. The number of nitrogens with zero attached hydrogens (tertiary/aromatic N) is 1. The van der Waals surface area contributed by atoms with Gasteiger partial charge in [0.1, 0.15) is 17.7 Å². The molecule has 30 heavy (non-hydrogen) atoms. The lowest BCUT2D eigenvalue weighted by molar-refractivity contribution is 0.0728. The van der Waals surface area contributed by atoms with E-state index in [1.54, 1.807) is 31.3 Å². The SMILES string of the molecule is COc1cc(OC)c(N[C@@H]2c3ccccc3C(=O)N2Cc2ccccc2Cl)cc1Cl. The average Bonchev–Trinajstić information content (AvgIpc) is 3.01. The molecule has 0 saturated heterocycles. The topological polar surface area (TPSA) is 50.8 Å². The number of anilines is 1. The summed E-state index contributed by atoms with van der Waals surface area (Å²) in [7, 11) is 3.12. The van der Waals surface area contributed by atoms with Crippen molar-refractivity contribution in [1.29, 1.82) is 0 Å². The fraction of sp³-hybridized carbons (Fsp3) is 0.174. The molecule has 4 rings (SSSR count). The van der Waals surface area contributed by atoms with Crippen LogP contribution in [-0.2, 0) is 6.54 Å². The molecule has 1 aliphatic heterocycles. The van der Waals surface area contributed by atoms with Gasteiger partial charge in [-0.25, -0.2) is 0 Å². The highest BCUT2D eigenvalue weighted by Crippen LogP contribution is 2.41. The van der Waals surface area contributed by atoms with Crippen LogP contribution in [0.15, 0.2) is 60.7 Å². The molecule has 3 aromatic carbocycles. The van der Waals surface area contributed by atoms with E-state index < -0.39 is 6.17 Å². The third-order valence-electron chi connectivity index (χ3n) is 5.12. The van der Waals surface area contributed by atoms with Crippen molar-refractivity contribution >= 4 is 34.8 Å². The molecular weight excluding hydrogens is 423 g/mol. The molecule has 0 unspecified atom stereocenters. The van der Waals surface area contributed by atoms with Crippen molar-refractivity contribution in [3.63, 3.8) is 0 Å². The van der Waals surface area contributed by atoms with E-state index >= 15 is 0 Å². The second kappa shape index (κ2) is 8.46. The summed E-state index contributed by atoms with van der Waals surface area (Å²) in [4.78, 5) is 15.0. The number of rotatable bonds is 6. The Balaban J connectivity index is 1.74. The lowest BCUT2D eigenvalue weighted by Crippen LogP contribution is -2.32. The summed E-state index contributed by atoms with van der Waals surface area (Å²) >= 11 is 12.7. The van der Waals surface area contributed by atoms with Crippen molar-refractivity contribution in [3.05, 3.63) is 87.4 Å². The van der Waals surface area contributed by atoms with Gasteiger partial charge in [-0.05, 0) is 23.8 Å². The molecule has 1 heterocycles. The Morgan fingerprint density at radius 2 is 1.63 bits per heavy atom. The highest BCUT2D eigenvalue weighted by atomic mass is 35.5. The second-order valence-corrected chi connectivity index (χ2v) is 7.66. The molecule has 0 bridgehead atoms. The summed E-state index contributed by atoms with van der Waals surface area (Å²) in [5.41, 5.74) is 3.05. The smallest absolute Gasteiger partial charge is 0.256 e. The fourth-order valence-electron chi connectivity index (χ4n) is 3.62. The number of halogens is 2. The number of fused-ring (bicyclic) bond motifs is 1. The Morgan fingerprint density at radius 3 is 2.37 bits per heavy atom. The van der Waals surface area contributed by atoms with Gasteiger partial charge in [-0.1, -0.05) is 59.6 Å². The van der Waals surface area contributed by atoms with Crippen molar-refractivity contribution in [2.75, 3.05) is 19.5 Å². The highest BCUT2D eigenvalue weighted by Gasteiger charge is 2.37. The predicted octanol–water partition coefficient (Wildman–Crippen LogP) is 5.78. The number of methoxy groups -OCH3 is 2. The first kappa shape index (κ1) is 20.4. The summed E-state index contributed by atoms with van der Waals surface area (Å²) in [6, 6.07) is 18.5. The molecule has 0 fully saturated rings. The lowest BCUT2D eigenvalue weighted by Gasteiger charge is -2.28. The van der Waals surface area contributed by atoms with E-state index in [0.29, 0.717) is 39.3 Å². The molecule has 0 radical (unpaired) electrons. The first-order chi connectivity index (χ1) is 14.5. The minimum Gasteiger partial charge on any atom is -0.495 e. The lowest BCUT2D eigenvalue weighted by atomic mass is 10.1. The van der Waals surface area contributed by atoms with E-state index in [2.05, 4.69) is 5.32 Å². The Bertz CT molecular complexity index is 1100. The van der Waals surface area contributed by atoms with Crippen molar-refractivity contribution < 1.29 is 14.3 Å². The monoisotopic (exact) mass is 442 g/mol. The van der Waals surface area contributed by atoms with Crippen LogP contribution in [0.25, 0.3) is 0 Å². The normalized spacial score (nSPS) is 15.1. The molecule has 0 saturated carbocycles. The van der Waals surface area contributed by atoms with Gasteiger partial charge in [-0.2, -0.15) is 0 Å². The van der Waals surface area contributed by atoms with Crippen LogP contribution in [-0.4, -0.2) is 25.0 Å². The van der Waals surface area contributed by atoms with Gasteiger partial charge >= 0.3 is 0 Å². The molecule has 5 nitrogen and oxygen atoms in total. The third kappa shape index (κ3) is 3.66. The van der Waals surface area contributed by atoms with E-state index in [1.165, 1.54) is 0 Å². The highest BCUT2D eigenvalue weighted by molar-refractivity contribution is 6.32. The van der Waals surface area contributed by atoms with E-state index in [1.807, 2.05) is 48.5 Å². The van der Waals surface area contributed by atoms with Gasteiger partial charge in [0.2, 0.25) is 0 Å². The molecule has 0 aromatic heterocycles. The predicted molar refractivity (Wildman–Crippen MR) is 119 cm³/mol. The maximum Gasteiger partial charge on any atom is 0.256 e. The Hall–Kier alpha value is -2.89. The summed E-state index contributed by atoms with van der Waals surface area (Å²) in [6.07, 6.45) is -0.414. The van der Waals surface area contributed by atoms with Gasteiger partial charge in [0.15, 0.2) is 0 Å². The van der Waals surface area contributed by atoms with Gasteiger partial charge in [-0.3, -0.25) is 4.79 Å². The number of carbonyl (C=O) groups is 1. The zero-order valence-electron chi connectivity index (χ0n) is 16.5. The Kier molecular flexibility index (Phi) is 5.75. The summed E-state index contributed by atoms with van der Waals surface area (Å²) in [6.45, 7) is 0.358. The first-order valence-electron chi connectivity index (χ1n) is 9.35. The van der Waals surface area contributed by atoms with Crippen LogP contribution in [0.4, 0.5) is 5.69 Å².